The fourth-order valence-corrected chi connectivity index (χ4v) is 2.34. The van der Waals surface area contributed by atoms with Gasteiger partial charge in [-0.05, 0) is 41.3 Å². The molecule has 0 aliphatic heterocycles. The monoisotopic (exact) mass is 336 g/mol. The van der Waals surface area contributed by atoms with E-state index in [0.29, 0.717) is 11.1 Å². The average Bonchev–Trinajstić information content (AvgIpc) is 2.40. The lowest BCUT2D eigenvalue weighted by Crippen LogP contribution is -2.10. The van der Waals surface area contributed by atoms with E-state index in [-0.39, 0.29) is 11.2 Å². The van der Waals surface area contributed by atoms with Crippen LogP contribution in [0.2, 0.25) is 0 Å². The molecule has 0 unspecified atom stereocenters. The van der Waals surface area contributed by atoms with Gasteiger partial charge >= 0.3 is 0 Å². The first-order valence-corrected chi connectivity index (χ1v) is 7.65. The van der Waals surface area contributed by atoms with E-state index in [1.54, 1.807) is 6.07 Å². The molecule has 0 fully saturated rings. The standard InChI is InChI=1S/C17H18BrFO/c1-17(2,3)13-5-4-6-15(10-13)20-16-8-7-14(19)9-12(16)11-18/h4-10H,11H2,1-3H3. The lowest BCUT2D eigenvalue weighted by atomic mass is 9.87. The Morgan fingerprint density at radius 1 is 1.10 bits per heavy atom. The minimum atomic E-state index is -0.254. The molecule has 0 heterocycles. The van der Waals surface area contributed by atoms with Crippen molar-refractivity contribution < 1.29 is 9.13 Å². The minimum absolute atomic E-state index is 0.0699. The lowest BCUT2D eigenvalue weighted by molar-refractivity contribution is 0.472. The maximum absolute atomic E-state index is 13.2. The first kappa shape index (κ1) is 15.0. The van der Waals surface area contributed by atoms with Gasteiger partial charge in [-0.1, -0.05) is 48.8 Å². The summed E-state index contributed by atoms with van der Waals surface area (Å²) in [6.45, 7) is 6.48. The molecule has 3 heteroatoms. The Morgan fingerprint density at radius 3 is 2.50 bits per heavy atom. The van der Waals surface area contributed by atoms with E-state index in [4.69, 9.17) is 4.74 Å². The predicted molar refractivity (Wildman–Crippen MR) is 84.2 cm³/mol. The highest BCUT2D eigenvalue weighted by Gasteiger charge is 2.14. The summed E-state index contributed by atoms with van der Waals surface area (Å²) in [5, 5.41) is 0.555. The van der Waals surface area contributed by atoms with Gasteiger partial charge in [0.2, 0.25) is 0 Å². The zero-order chi connectivity index (χ0) is 14.8. The van der Waals surface area contributed by atoms with Crippen LogP contribution >= 0.6 is 15.9 Å². The summed E-state index contributed by atoms with van der Waals surface area (Å²) in [7, 11) is 0. The summed E-state index contributed by atoms with van der Waals surface area (Å²) in [6, 6.07) is 12.6. The van der Waals surface area contributed by atoms with E-state index in [1.165, 1.54) is 17.7 Å². The van der Waals surface area contributed by atoms with Crippen LogP contribution in [0.1, 0.15) is 31.9 Å². The molecular formula is C17H18BrFO. The third-order valence-corrected chi connectivity index (χ3v) is 3.70. The Hall–Kier alpha value is -1.35. The van der Waals surface area contributed by atoms with Crippen molar-refractivity contribution in [3.63, 3.8) is 0 Å². The Bertz CT molecular complexity index is 602. The number of hydrogen-bond donors (Lipinski definition) is 0. The molecule has 20 heavy (non-hydrogen) atoms. The molecular weight excluding hydrogens is 319 g/mol. The highest BCUT2D eigenvalue weighted by molar-refractivity contribution is 9.08. The van der Waals surface area contributed by atoms with Gasteiger partial charge in [0.05, 0.1) is 0 Å². The van der Waals surface area contributed by atoms with Crippen molar-refractivity contribution >= 4 is 15.9 Å². The molecule has 2 rings (SSSR count). The van der Waals surface area contributed by atoms with Gasteiger partial charge in [-0.3, -0.25) is 0 Å². The van der Waals surface area contributed by atoms with E-state index in [9.17, 15) is 4.39 Å². The summed E-state index contributed by atoms with van der Waals surface area (Å²) in [5.74, 6) is 1.19. The summed E-state index contributed by atoms with van der Waals surface area (Å²) in [5.41, 5.74) is 2.07. The van der Waals surface area contributed by atoms with Crippen LogP contribution in [0.25, 0.3) is 0 Å². The van der Waals surface area contributed by atoms with Crippen LogP contribution in [-0.4, -0.2) is 0 Å². The molecule has 0 radical (unpaired) electrons. The summed E-state index contributed by atoms with van der Waals surface area (Å²) < 4.78 is 19.1. The first-order valence-electron chi connectivity index (χ1n) is 6.53. The van der Waals surface area contributed by atoms with Crippen molar-refractivity contribution in [1.82, 2.24) is 0 Å². The van der Waals surface area contributed by atoms with Gasteiger partial charge in [-0.15, -0.1) is 0 Å². The van der Waals surface area contributed by atoms with Crippen LogP contribution in [0.3, 0.4) is 0 Å². The van der Waals surface area contributed by atoms with Crippen LogP contribution in [0.15, 0.2) is 42.5 Å². The number of hydrogen-bond acceptors (Lipinski definition) is 1. The van der Waals surface area contributed by atoms with Crippen molar-refractivity contribution in [2.24, 2.45) is 0 Å². The van der Waals surface area contributed by atoms with Crippen LogP contribution in [0.4, 0.5) is 4.39 Å². The quantitative estimate of drug-likeness (QED) is 0.642. The smallest absolute Gasteiger partial charge is 0.131 e. The summed E-state index contributed by atoms with van der Waals surface area (Å²) in [6.07, 6.45) is 0. The molecule has 0 atom stereocenters. The number of rotatable bonds is 3. The molecule has 0 saturated carbocycles. The number of alkyl halides is 1. The second kappa shape index (κ2) is 5.96. The van der Waals surface area contributed by atoms with Crippen molar-refractivity contribution in [3.8, 4) is 11.5 Å². The molecule has 2 aromatic carbocycles. The van der Waals surface area contributed by atoms with Crippen molar-refractivity contribution in [1.29, 1.82) is 0 Å². The number of benzene rings is 2. The van der Waals surface area contributed by atoms with Crippen molar-refractivity contribution in [2.75, 3.05) is 0 Å². The number of halogens is 2. The summed E-state index contributed by atoms with van der Waals surface area (Å²) in [4.78, 5) is 0. The van der Waals surface area contributed by atoms with Gasteiger partial charge in [0.25, 0.3) is 0 Å². The van der Waals surface area contributed by atoms with E-state index < -0.39 is 0 Å². The molecule has 1 nitrogen and oxygen atoms in total. The molecule has 0 aromatic heterocycles. The Labute approximate surface area is 127 Å². The van der Waals surface area contributed by atoms with Crippen molar-refractivity contribution in [3.05, 3.63) is 59.4 Å². The molecule has 0 spiro atoms. The van der Waals surface area contributed by atoms with E-state index in [0.717, 1.165) is 11.3 Å². The lowest BCUT2D eigenvalue weighted by Gasteiger charge is -2.20. The third kappa shape index (κ3) is 3.60. The molecule has 0 aliphatic carbocycles. The minimum Gasteiger partial charge on any atom is -0.457 e. The highest BCUT2D eigenvalue weighted by atomic mass is 79.9. The van der Waals surface area contributed by atoms with Crippen molar-refractivity contribution in [2.45, 2.75) is 31.5 Å². The molecule has 0 aliphatic rings. The van der Waals surface area contributed by atoms with Gasteiger partial charge in [-0.2, -0.15) is 0 Å². The second-order valence-corrected chi connectivity index (χ2v) is 6.33. The predicted octanol–water partition coefficient (Wildman–Crippen LogP) is 5.81. The normalized spacial score (nSPS) is 11.4. The number of ether oxygens (including phenoxy) is 1. The Morgan fingerprint density at radius 2 is 1.85 bits per heavy atom. The maximum atomic E-state index is 13.2. The fraction of sp³-hybridized carbons (Fsp3) is 0.294. The van der Waals surface area contributed by atoms with Gasteiger partial charge in [-0.25, -0.2) is 4.39 Å². The highest BCUT2D eigenvalue weighted by Crippen LogP contribution is 2.31. The molecule has 0 saturated heterocycles. The molecule has 0 bridgehead atoms. The molecule has 0 amide bonds. The molecule has 106 valence electrons. The summed E-state index contributed by atoms with van der Waals surface area (Å²) >= 11 is 3.36. The third-order valence-electron chi connectivity index (χ3n) is 3.09. The van der Waals surface area contributed by atoms with Crippen LogP contribution < -0.4 is 4.74 Å². The van der Waals surface area contributed by atoms with Crippen LogP contribution in [-0.2, 0) is 10.7 Å². The van der Waals surface area contributed by atoms with E-state index in [2.05, 4.69) is 42.8 Å². The average molecular weight is 337 g/mol. The Balaban J connectivity index is 2.31. The molecule has 2 aromatic rings. The van der Waals surface area contributed by atoms with Gasteiger partial charge in [0.15, 0.2) is 0 Å². The SMILES string of the molecule is CC(C)(C)c1cccc(Oc2ccc(F)cc2CBr)c1. The van der Waals surface area contributed by atoms with Gasteiger partial charge in [0.1, 0.15) is 17.3 Å². The fourth-order valence-electron chi connectivity index (χ4n) is 1.91. The largest absolute Gasteiger partial charge is 0.457 e. The zero-order valence-corrected chi connectivity index (χ0v) is 13.5. The van der Waals surface area contributed by atoms with Crippen LogP contribution in [0, 0.1) is 5.82 Å². The molecule has 0 N–H and O–H groups in total. The maximum Gasteiger partial charge on any atom is 0.131 e. The second-order valence-electron chi connectivity index (χ2n) is 5.77. The first-order chi connectivity index (χ1) is 9.40. The van der Waals surface area contributed by atoms with Gasteiger partial charge < -0.3 is 4.74 Å². The van der Waals surface area contributed by atoms with Crippen LogP contribution in [0.5, 0.6) is 11.5 Å². The Kier molecular flexibility index (Phi) is 4.48. The topological polar surface area (TPSA) is 9.23 Å². The zero-order valence-electron chi connectivity index (χ0n) is 11.9. The van der Waals surface area contributed by atoms with Gasteiger partial charge in [0, 0.05) is 10.9 Å². The van der Waals surface area contributed by atoms with E-state index >= 15 is 0 Å². The van der Waals surface area contributed by atoms with E-state index in [1.807, 2.05) is 18.2 Å².